The summed E-state index contributed by atoms with van der Waals surface area (Å²) in [4.78, 5) is 13.4. The van der Waals surface area contributed by atoms with Crippen molar-refractivity contribution < 1.29 is 4.79 Å². The SMILES string of the molecule is CC/C=C\CCCCCN(CCCC)C(C)=O. The smallest absolute Gasteiger partial charge is 0.219 e. The van der Waals surface area contributed by atoms with Gasteiger partial charge in [0, 0.05) is 20.0 Å². The van der Waals surface area contributed by atoms with Crippen molar-refractivity contribution in [1.29, 1.82) is 0 Å². The molecule has 0 aliphatic rings. The molecule has 0 aromatic carbocycles. The minimum absolute atomic E-state index is 0.226. The Morgan fingerprint density at radius 1 is 1.00 bits per heavy atom. The Kier molecular flexibility index (Phi) is 11.1. The van der Waals surface area contributed by atoms with Gasteiger partial charge in [-0.05, 0) is 32.1 Å². The summed E-state index contributed by atoms with van der Waals surface area (Å²) >= 11 is 0. The lowest BCUT2D eigenvalue weighted by molar-refractivity contribution is -0.129. The Morgan fingerprint density at radius 3 is 2.29 bits per heavy atom. The van der Waals surface area contributed by atoms with Crippen LogP contribution in [0.5, 0.6) is 0 Å². The highest BCUT2D eigenvalue weighted by Gasteiger charge is 2.06. The Hall–Kier alpha value is -0.790. The van der Waals surface area contributed by atoms with E-state index in [2.05, 4.69) is 26.0 Å². The first-order valence-electron chi connectivity index (χ1n) is 7.12. The van der Waals surface area contributed by atoms with Crippen LogP contribution in [0.1, 0.15) is 65.7 Å². The fraction of sp³-hybridized carbons (Fsp3) is 0.800. The van der Waals surface area contributed by atoms with Crippen LogP contribution in [-0.4, -0.2) is 23.9 Å². The van der Waals surface area contributed by atoms with E-state index < -0.39 is 0 Å². The zero-order valence-corrected chi connectivity index (χ0v) is 11.9. The van der Waals surface area contributed by atoms with E-state index >= 15 is 0 Å². The molecule has 1 amide bonds. The van der Waals surface area contributed by atoms with E-state index in [0.717, 1.165) is 38.8 Å². The lowest BCUT2D eigenvalue weighted by Crippen LogP contribution is -2.30. The molecule has 2 heteroatoms. The van der Waals surface area contributed by atoms with Gasteiger partial charge >= 0.3 is 0 Å². The van der Waals surface area contributed by atoms with Crippen LogP contribution in [0.4, 0.5) is 0 Å². The first-order chi connectivity index (χ1) is 8.22. The number of hydrogen-bond acceptors (Lipinski definition) is 1. The van der Waals surface area contributed by atoms with E-state index in [-0.39, 0.29) is 5.91 Å². The molecule has 0 aliphatic heterocycles. The van der Waals surface area contributed by atoms with Gasteiger partial charge in [-0.15, -0.1) is 0 Å². The number of rotatable bonds is 10. The minimum Gasteiger partial charge on any atom is -0.343 e. The number of allylic oxidation sites excluding steroid dienone is 2. The molecule has 0 saturated carbocycles. The van der Waals surface area contributed by atoms with Crippen molar-refractivity contribution in [2.45, 2.75) is 65.7 Å². The monoisotopic (exact) mass is 239 g/mol. The predicted octanol–water partition coefficient (Wildman–Crippen LogP) is 4.16. The molecule has 0 radical (unpaired) electrons. The van der Waals surface area contributed by atoms with Crippen LogP contribution in [-0.2, 0) is 4.79 Å². The standard InChI is InChI=1S/C15H29NO/c1-4-6-8-9-10-11-12-14-16(15(3)17)13-7-5-2/h6,8H,4-5,7,9-14H2,1-3H3/b8-6-. The van der Waals surface area contributed by atoms with E-state index in [1.165, 1.54) is 19.3 Å². The molecule has 0 fully saturated rings. The van der Waals surface area contributed by atoms with Crippen molar-refractivity contribution in [2.24, 2.45) is 0 Å². The van der Waals surface area contributed by atoms with Crippen molar-refractivity contribution in [3.63, 3.8) is 0 Å². The summed E-state index contributed by atoms with van der Waals surface area (Å²) in [6.45, 7) is 7.88. The van der Waals surface area contributed by atoms with Gasteiger partial charge in [-0.1, -0.05) is 38.8 Å². The van der Waals surface area contributed by atoms with Crippen molar-refractivity contribution in [2.75, 3.05) is 13.1 Å². The Labute approximate surface area is 107 Å². The molecule has 0 rings (SSSR count). The predicted molar refractivity (Wildman–Crippen MR) is 75.1 cm³/mol. The van der Waals surface area contributed by atoms with Crippen LogP contribution in [0, 0.1) is 0 Å². The van der Waals surface area contributed by atoms with Gasteiger partial charge in [-0.25, -0.2) is 0 Å². The molecular formula is C15H29NO. The molecule has 0 saturated heterocycles. The number of unbranched alkanes of at least 4 members (excludes halogenated alkanes) is 4. The summed E-state index contributed by atoms with van der Waals surface area (Å²) in [5, 5.41) is 0. The van der Waals surface area contributed by atoms with Crippen molar-refractivity contribution >= 4 is 5.91 Å². The molecule has 2 nitrogen and oxygen atoms in total. The summed E-state index contributed by atoms with van der Waals surface area (Å²) in [5.41, 5.74) is 0. The third-order valence-corrected chi connectivity index (χ3v) is 2.93. The van der Waals surface area contributed by atoms with Gasteiger partial charge < -0.3 is 4.90 Å². The third kappa shape index (κ3) is 10.1. The second-order valence-electron chi connectivity index (χ2n) is 4.59. The second-order valence-corrected chi connectivity index (χ2v) is 4.59. The fourth-order valence-corrected chi connectivity index (χ4v) is 1.80. The fourth-order valence-electron chi connectivity index (χ4n) is 1.80. The molecule has 17 heavy (non-hydrogen) atoms. The maximum Gasteiger partial charge on any atom is 0.219 e. The van der Waals surface area contributed by atoms with Gasteiger partial charge in [-0.3, -0.25) is 4.79 Å². The average Bonchev–Trinajstić information content (AvgIpc) is 2.31. The maximum absolute atomic E-state index is 11.4. The summed E-state index contributed by atoms with van der Waals surface area (Å²) in [6.07, 6.45) is 12.7. The van der Waals surface area contributed by atoms with E-state index in [0.29, 0.717) is 0 Å². The van der Waals surface area contributed by atoms with E-state index in [1.54, 1.807) is 6.92 Å². The van der Waals surface area contributed by atoms with Crippen LogP contribution < -0.4 is 0 Å². The summed E-state index contributed by atoms with van der Waals surface area (Å²) in [7, 11) is 0. The lowest BCUT2D eigenvalue weighted by Gasteiger charge is -2.20. The Balaban J connectivity index is 3.54. The van der Waals surface area contributed by atoms with Crippen molar-refractivity contribution in [3.05, 3.63) is 12.2 Å². The van der Waals surface area contributed by atoms with Gasteiger partial charge in [0.05, 0.1) is 0 Å². The highest BCUT2D eigenvalue weighted by atomic mass is 16.2. The maximum atomic E-state index is 11.4. The van der Waals surface area contributed by atoms with Crippen LogP contribution in [0.25, 0.3) is 0 Å². The highest BCUT2D eigenvalue weighted by Crippen LogP contribution is 2.04. The number of carbonyl (C=O) groups excluding carboxylic acids is 1. The first kappa shape index (κ1) is 16.2. The summed E-state index contributed by atoms with van der Waals surface area (Å²) in [5.74, 6) is 0.226. The number of hydrogen-bond donors (Lipinski definition) is 0. The summed E-state index contributed by atoms with van der Waals surface area (Å²) < 4.78 is 0. The molecule has 0 aromatic heterocycles. The van der Waals surface area contributed by atoms with Crippen LogP contribution in [0.15, 0.2) is 12.2 Å². The highest BCUT2D eigenvalue weighted by molar-refractivity contribution is 5.73. The number of nitrogens with zero attached hydrogens (tertiary/aromatic N) is 1. The van der Waals surface area contributed by atoms with Gasteiger partial charge in [0.1, 0.15) is 0 Å². The molecule has 0 unspecified atom stereocenters. The molecule has 0 spiro atoms. The normalized spacial score (nSPS) is 11.0. The topological polar surface area (TPSA) is 20.3 Å². The van der Waals surface area contributed by atoms with Gasteiger partial charge in [0.25, 0.3) is 0 Å². The molecule has 0 N–H and O–H groups in total. The van der Waals surface area contributed by atoms with Gasteiger partial charge in [0.2, 0.25) is 5.91 Å². The van der Waals surface area contributed by atoms with Gasteiger partial charge in [0.15, 0.2) is 0 Å². The van der Waals surface area contributed by atoms with Gasteiger partial charge in [-0.2, -0.15) is 0 Å². The van der Waals surface area contributed by atoms with Crippen LogP contribution in [0.2, 0.25) is 0 Å². The number of carbonyl (C=O) groups is 1. The first-order valence-corrected chi connectivity index (χ1v) is 7.12. The zero-order chi connectivity index (χ0) is 12.9. The molecular weight excluding hydrogens is 210 g/mol. The summed E-state index contributed by atoms with van der Waals surface area (Å²) in [6, 6.07) is 0. The molecule has 0 aromatic rings. The Bertz CT molecular complexity index is 211. The molecule has 0 atom stereocenters. The van der Waals surface area contributed by atoms with E-state index in [1.807, 2.05) is 4.90 Å². The zero-order valence-electron chi connectivity index (χ0n) is 11.9. The third-order valence-electron chi connectivity index (χ3n) is 2.93. The average molecular weight is 239 g/mol. The second kappa shape index (κ2) is 11.7. The van der Waals surface area contributed by atoms with E-state index in [4.69, 9.17) is 0 Å². The van der Waals surface area contributed by atoms with Crippen molar-refractivity contribution in [1.82, 2.24) is 4.90 Å². The molecule has 0 heterocycles. The largest absolute Gasteiger partial charge is 0.343 e. The van der Waals surface area contributed by atoms with Crippen molar-refractivity contribution in [3.8, 4) is 0 Å². The molecule has 0 aliphatic carbocycles. The van der Waals surface area contributed by atoms with Crippen LogP contribution in [0.3, 0.4) is 0 Å². The molecule has 0 bridgehead atoms. The Morgan fingerprint density at radius 2 is 1.71 bits per heavy atom. The van der Waals surface area contributed by atoms with E-state index in [9.17, 15) is 4.79 Å². The lowest BCUT2D eigenvalue weighted by atomic mass is 10.1. The van der Waals surface area contributed by atoms with Crippen LogP contribution >= 0.6 is 0 Å². The number of amides is 1. The minimum atomic E-state index is 0.226. The quantitative estimate of drug-likeness (QED) is 0.414. The molecule has 100 valence electrons.